The quantitative estimate of drug-likeness (QED) is 0.0255. The fourth-order valence-corrected chi connectivity index (χ4v) is 3.99. The molecule has 3 aliphatic heterocycles. The molecular weight excluding hydrogens is 1250 g/mol. The van der Waals surface area contributed by atoms with Gasteiger partial charge in [0.05, 0.1) is 29.3 Å². The van der Waals surface area contributed by atoms with Crippen LogP contribution in [0.3, 0.4) is 0 Å². The first kappa shape index (κ1) is 40.9. The van der Waals surface area contributed by atoms with Crippen LogP contribution in [-0.2, 0) is 18.7 Å². The van der Waals surface area contributed by atoms with Gasteiger partial charge in [0.2, 0.25) is 20.2 Å². The number of fused-ring (bicyclic) bond motifs is 3. The molecule has 0 saturated heterocycles. The van der Waals surface area contributed by atoms with Gasteiger partial charge in [-0.1, -0.05) is 45.2 Å². The SMILES string of the molecule is O=CO[O-].O=[N+]([O-])c1ccc(O)c(O)c1.[2H]C([2H])(I)I.[2H]C1([2H])Oc2ccc(N)cc2O1.[2H]C1([2H])Oc2ccc(S(=O)(=O)Cl)cc2O1.[2H]C1([2H])Oc2ccc([N+](=O)[O-])cc2O1.[Cs+].[Cs+].[H-]. The number of benzene rings is 4. The van der Waals surface area contributed by atoms with Crippen molar-refractivity contribution in [3.05, 3.63) is 93.0 Å². The smallest absolute Gasteiger partial charge is 1.00 e. The van der Waals surface area contributed by atoms with Crippen LogP contribution in [0.15, 0.2) is 77.7 Å². The van der Waals surface area contributed by atoms with Gasteiger partial charge in [-0.2, -0.15) is 0 Å². The Hall–Kier alpha value is -0.886. The Morgan fingerprint density at radius 2 is 1.16 bits per heavy atom. The molecule has 4 N–H and O–H groups in total. The number of hydrogen-bond acceptors (Lipinski definition) is 18. The number of rotatable bonds is 4. The summed E-state index contributed by atoms with van der Waals surface area (Å²) in [4.78, 5) is 30.3. The molecule has 288 valence electrons. The number of ether oxygens (including phenoxy) is 6. The molecule has 0 aromatic heterocycles. The van der Waals surface area contributed by atoms with Gasteiger partial charge in [0.15, 0.2) is 46.0 Å². The number of nitro groups is 2. The van der Waals surface area contributed by atoms with Gasteiger partial charge in [-0.15, -0.1) is 0 Å². The van der Waals surface area contributed by atoms with E-state index in [1.54, 1.807) is 57.3 Å². The number of non-ortho nitro benzene ring substituents is 2. The zero-order valence-corrected chi connectivity index (χ0v) is 46.0. The molecule has 26 heteroatoms. The second-order valence-electron chi connectivity index (χ2n) is 8.70. The minimum Gasteiger partial charge on any atom is -1.00 e. The Morgan fingerprint density at radius 1 is 0.782 bits per heavy atom. The average Bonchev–Trinajstić information content (AvgIpc) is 3.73. The van der Waals surface area contributed by atoms with Crippen LogP contribution < -0.4 is 177 Å². The summed E-state index contributed by atoms with van der Waals surface area (Å²) in [6.45, 7) is -6.75. The molecule has 0 radical (unpaired) electrons. The Kier molecular flexibility index (Phi) is 21.2. The van der Waals surface area contributed by atoms with Crippen molar-refractivity contribution in [2.24, 2.45) is 0 Å². The van der Waals surface area contributed by atoms with E-state index in [0.29, 0.717) is 17.2 Å². The van der Waals surface area contributed by atoms with Crippen molar-refractivity contribution >= 4 is 88.4 Å². The third-order valence-corrected chi connectivity index (χ3v) is 6.77. The monoisotopic (exact) mass is 1280 g/mol. The summed E-state index contributed by atoms with van der Waals surface area (Å²) in [5.74, 6) is 0.250. The van der Waals surface area contributed by atoms with Crippen LogP contribution in [0.5, 0.6) is 46.0 Å². The van der Waals surface area contributed by atoms with Gasteiger partial charge in [-0.05, 0) is 36.4 Å². The first-order valence-corrected chi connectivity index (χ1v) is 17.5. The number of aromatic hydroxyl groups is 2. The number of halogens is 3. The number of hydrogen-bond donors (Lipinski definition) is 3. The zero-order chi connectivity index (χ0) is 46.7. The summed E-state index contributed by atoms with van der Waals surface area (Å²) in [7, 11) is 1.27. The van der Waals surface area contributed by atoms with Gasteiger partial charge >= 0.3 is 138 Å². The van der Waals surface area contributed by atoms with Crippen molar-refractivity contribution in [2.45, 2.75) is 4.90 Å². The van der Waals surface area contributed by atoms with Crippen molar-refractivity contribution in [3.63, 3.8) is 0 Å². The number of anilines is 1. The Morgan fingerprint density at radius 3 is 1.60 bits per heavy atom. The number of nitrogens with two attached hydrogens (primary N) is 1. The van der Waals surface area contributed by atoms with Gasteiger partial charge in [0.1, 0.15) is 8.22 Å². The normalized spacial score (nSPS) is 16.5. The standard InChI is InChI=1S/C7H5ClO4S.C7H5NO4.C7H7NO2.C6H5NO4.CH2I2.CH2O3.2Cs.H/c8-13(9,10)5-1-2-6-7(3-5)12-4-11-6;9-8(10)5-1-2-6-7(3-5)12-4-11-6;8-5-1-2-6-7(3-5)10-4-9-6;8-5-2-1-4(7(10)11)3-6(5)9;2-1-3;2-1-4-3;;;/h1-3H,4H2;1-3H,4H2;1-3H,4,8H2;1-3,8-9H;1H2;1,3H;;;/q;;;;;;2*+1;-1/p-1/i3*4D2;;1D2;;;;. The van der Waals surface area contributed by atoms with Crippen LogP contribution in [-0.4, -0.2) is 57.6 Å². The van der Waals surface area contributed by atoms with Crippen molar-refractivity contribution in [2.75, 3.05) is 28.4 Å². The molecule has 0 saturated carbocycles. The summed E-state index contributed by atoms with van der Waals surface area (Å²) < 4.78 is 105. The minimum absolute atomic E-state index is 0. The molecule has 20 nitrogen and oxygen atoms in total. The largest absolute Gasteiger partial charge is 1.00 e. The maximum atomic E-state index is 11.0. The molecule has 0 spiro atoms. The molecule has 0 amide bonds. The Bertz CT molecular complexity index is 2340. The van der Waals surface area contributed by atoms with Crippen LogP contribution in [0.1, 0.15) is 12.4 Å². The van der Waals surface area contributed by atoms with Crippen molar-refractivity contribution in [1.29, 1.82) is 0 Å². The van der Waals surface area contributed by atoms with Crippen molar-refractivity contribution < 1.29 is 222 Å². The average molecular weight is 1280 g/mol. The van der Waals surface area contributed by atoms with Gasteiger partial charge in [0.25, 0.3) is 26.9 Å². The van der Waals surface area contributed by atoms with Crippen LogP contribution in [0.4, 0.5) is 17.1 Å². The number of alkyl halides is 2. The van der Waals surface area contributed by atoms with E-state index in [0.717, 1.165) is 30.3 Å². The Balaban J connectivity index is 0. The molecule has 3 heterocycles. The van der Waals surface area contributed by atoms with Crippen molar-refractivity contribution in [3.8, 4) is 46.0 Å². The predicted molar refractivity (Wildman–Crippen MR) is 199 cm³/mol. The predicted octanol–water partition coefficient (Wildman–Crippen LogP) is -0.961. The molecule has 0 fully saturated rings. The van der Waals surface area contributed by atoms with Crippen LogP contribution in [0.25, 0.3) is 0 Å². The van der Waals surface area contributed by atoms with Crippen molar-refractivity contribution in [1.82, 2.24) is 0 Å². The number of carbonyl (C=O) groups excluding carboxylic acids is 1. The van der Waals surface area contributed by atoms with E-state index in [9.17, 15) is 28.6 Å². The van der Waals surface area contributed by atoms with E-state index >= 15 is 0 Å². The van der Waals surface area contributed by atoms with E-state index in [-0.39, 0.29) is 191 Å². The van der Waals surface area contributed by atoms with E-state index in [4.69, 9.17) is 76.1 Å². The molecule has 4 aromatic rings. The summed E-state index contributed by atoms with van der Waals surface area (Å²) >= 11 is 3.40. The molecular formula is C29H26ClCs2I2N3O17S. The second kappa shape index (κ2) is 28.5. The number of phenols is 2. The third kappa shape index (κ3) is 19.6. The molecule has 55 heavy (non-hydrogen) atoms. The number of nitro benzene ring substituents is 2. The molecule has 0 aliphatic carbocycles. The first-order chi connectivity index (χ1) is 27.8. The summed E-state index contributed by atoms with van der Waals surface area (Å²) in [5, 5.41) is 46.4. The van der Waals surface area contributed by atoms with Crippen LogP contribution in [0.2, 0.25) is 0 Å². The molecule has 0 atom stereocenters. The number of nitrogen functional groups attached to an aromatic ring is 1. The summed E-state index contributed by atoms with van der Waals surface area (Å²) in [6, 6.07) is 15.1. The van der Waals surface area contributed by atoms with Gasteiger partial charge in [0, 0.05) is 43.4 Å². The fourth-order valence-electron chi connectivity index (χ4n) is 3.22. The first-order valence-electron chi connectivity index (χ1n) is 17.0. The molecule has 4 aromatic carbocycles. The number of carbonyl (C=O) groups is 1. The van der Waals surface area contributed by atoms with Gasteiger partial charge < -0.3 is 55.9 Å². The molecule has 3 aliphatic rings. The van der Waals surface area contributed by atoms with E-state index in [1.165, 1.54) is 30.3 Å². The van der Waals surface area contributed by atoms with E-state index in [1.807, 2.05) is 0 Å². The molecule has 0 bridgehead atoms. The Labute approximate surface area is 474 Å². The van der Waals surface area contributed by atoms with Crippen LogP contribution in [0, 0.1) is 20.2 Å². The maximum Gasteiger partial charge on any atom is 1.00 e. The van der Waals surface area contributed by atoms with E-state index in [2.05, 4.69) is 4.89 Å². The van der Waals surface area contributed by atoms with Gasteiger partial charge in [-0.25, -0.2) is 8.42 Å². The van der Waals surface area contributed by atoms with E-state index < -0.39 is 47.3 Å². The summed E-state index contributed by atoms with van der Waals surface area (Å²) in [5.41, 5.74) is 5.57. The summed E-state index contributed by atoms with van der Waals surface area (Å²) in [6.07, 6.45) is 0. The van der Waals surface area contributed by atoms with Crippen LogP contribution >= 0.6 is 55.9 Å². The van der Waals surface area contributed by atoms with Gasteiger partial charge in [-0.3, -0.25) is 25.0 Å². The molecule has 7 rings (SSSR count). The number of nitrogens with zero attached hydrogens (tertiary/aromatic N) is 2. The fraction of sp³-hybridized carbons (Fsp3) is 0.138. The zero-order valence-electron chi connectivity index (χ0n) is 36.5. The maximum absolute atomic E-state index is 11.0. The third-order valence-electron chi connectivity index (χ3n) is 5.42. The topological polar surface area (TPSA) is 292 Å². The minimum atomic E-state index is -3.85. The second-order valence-corrected chi connectivity index (χ2v) is 14.4. The number of phenolic OH excluding ortho intramolecular Hbond substituents is 2. The molecule has 0 unspecified atom stereocenters.